The number of thioether (sulfide) groups is 1. The molecule has 0 fully saturated rings. The lowest BCUT2D eigenvalue weighted by Gasteiger charge is -2.13. The zero-order valence-corrected chi connectivity index (χ0v) is 9.68. The molecule has 0 aromatic carbocycles. The third-order valence-corrected chi connectivity index (χ3v) is 3.22. The van der Waals surface area contributed by atoms with Crippen LogP contribution in [0.3, 0.4) is 0 Å². The Hall–Kier alpha value is -0.540. The highest BCUT2D eigenvalue weighted by Crippen LogP contribution is 2.16. The SMILES string of the molecule is CCCC(CSc1ccccn1)NC. The Balaban J connectivity index is 2.32. The predicted octanol–water partition coefficient (Wildman–Crippen LogP) is 2.56. The van der Waals surface area contributed by atoms with Gasteiger partial charge in [-0.3, -0.25) is 0 Å². The summed E-state index contributed by atoms with van der Waals surface area (Å²) in [5.74, 6) is 1.10. The number of nitrogens with one attached hydrogen (secondary N) is 1. The molecule has 78 valence electrons. The van der Waals surface area contributed by atoms with Crippen LogP contribution in [0.15, 0.2) is 29.4 Å². The molecule has 2 nitrogen and oxygen atoms in total. The third kappa shape index (κ3) is 4.11. The van der Waals surface area contributed by atoms with Crippen molar-refractivity contribution in [2.75, 3.05) is 12.8 Å². The summed E-state index contributed by atoms with van der Waals surface area (Å²) in [5.41, 5.74) is 0. The van der Waals surface area contributed by atoms with Gasteiger partial charge in [0.1, 0.15) is 0 Å². The number of pyridine rings is 1. The van der Waals surface area contributed by atoms with Crippen LogP contribution in [0.1, 0.15) is 19.8 Å². The standard InChI is InChI=1S/C11H18N2S/c1-3-6-10(12-2)9-14-11-7-4-5-8-13-11/h4-5,7-8,10,12H,3,6,9H2,1-2H3. The maximum Gasteiger partial charge on any atom is 0.0960 e. The monoisotopic (exact) mass is 210 g/mol. The number of aromatic nitrogens is 1. The summed E-state index contributed by atoms with van der Waals surface area (Å²) >= 11 is 1.82. The van der Waals surface area contributed by atoms with Gasteiger partial charge in [-0.05, 0) is 25.6 Å². The molecule has 3 heteroatoms. The number of nitrogens with zero attached hydrogens (tertiary/aromatic N) is 1. The Labute approximate surface area is 90.5 Å². The van der Waals surface area contributed by atoms with E-state index in [4.69, 9.17) is 0 Å². The summed E-state index contributed by atoms with van der Waals surface area (Å²) in [6, 6.07) is 6.64. The van der Waals surface area contributed by atoms with E-state index in [0.717, 1.165) is 10.8 Å². The lowest BCUT2D eigenvalue weighted by molar-refractivity contribution is 0.564. The molecular formula is C11H18N2S. The molecule has 1 unspecified atom stereocenters. The van der Waals surface area contributed by atoms with Gasteiger partial charge in [-0.2, -0.15) is 0 Å². The van der Waals surface area contributed by atoms with Gasteiger partial charge in [-0.25, -0.2) is 4.98 Å². The average molecular weight is 210 g/mol. The number of hydrogen-bond acceptors (Lipinski definition) is 3. The fourth-order valence-corrected chi connectivity index (χ4v) is 2.29. The second-order valence-corrected chi connectivity index (χ2v) is 4.29. The van der Waals surface area contributed by atoms with Crippen molar-refractivity contribution in [3.63, 3.8) is 0 Å². The fourth-order valence-electron chi connectivity index (χ4n) is 1.28. The van der Waals surface area contributed by atoms with Gasteiger partial charge in [-0.1, -0.05) is 19.4 Å². The molecule has 0 radical (unpaired) electrons. The van der Waals surface area contributed by atoms with Gasteiger partial charge in [0.05, 0.1) is 5.03 Å². The fraction of sp³-hybridized carbons (Fsp3) is 0.545. The first kappa shape index (κ1) is 11.5. The Kier molecular flexibility index (Phi) is 5.64. The van der Waals surface area contributed by atoms with Crippen molar-refractivity contribution in [3.05, 3.63) is 24.4 Å². The summed E-state index contributed by atoms with van der Waals surface area (Å²) in [6.07, 6.45) is 4.31. The van der Waals surface area contributed by atoms with E-state index >= 15 is 0 Å². The lowest BCUT2D eigenvalue weighted by Crippen LogP contribution is -2.27. The van der Waals surface area contributed by atoms with Crippen molar-refractivity contribution in [1.29, 1.82) is 0 Å². The number of hydrogen-bond donors (Lipinski definition) is 1. The van der Waals surface area contributed by atoms with E-state index < -0.39 is 0 Å². The zero-order valence-electron chi connectivity index (χ0n) is 8.86. The maximum absolute atomic E-state index is 4.28. The Morgan fingerprint density at radius 3 is 2.93 bits per heavy atom. The van der Waals surface area contributed by atoms with Crippen LogP contribution in [0.2, 0.25) is 0 Å². The molecule has 0 bridgehead atoms. The van der Waals surface area contributed by atoms with Crippen molar-refractivity contribution in [2.45, 2.75) is 30.8 Å². The van der Waals surface area contributed by atoms with Gasteiger partial charge < -0.3 is 5.32 Å². The largest absolute Gasteiger partial charge is 0.316 e. The van der Waals surface area contributed by atoms with Crippen LogP contribution in [0.25, 0.3) is 0 Å². The smallest absolute Gasteiger partial charge is 0.0960 e. The molecular weight excluding hydrogens is 192 g/mol. The average Bonchev–Trinajstić information content (AvgIpc) is 2.25. The predicted molar refractivity (Wildman–Crippen MR) is 62.7 cm³/mol. The normalized spacial score (nSPS) is 12.7. The van der Waals surface area contributed by atoms with E-state index in [1.807, 2.05) is 37.1 Å². The van der Waals surface area contributed by atoms with Crippen molar-refractivity contribution in [2.24, 2.45) is 0 Å². The van der Waals surface area contributed by atoms with E-state index in [-0.39, 0.29) is 0 Å². The molecule has 0 saturated heterocycles. The van der Waals surface area contributed by atoms with Gasteiger partial charge >= 0.3 is 0 Å². The Morgan fingerprint density at radius 2 is 2.36 bits per heavy atom. The summed E-state index contributed by atoms with van der Waals surface area (Å²) in [7, 11) is 2.03. The molecule has 0 aliphatic rings. The summed E-state index contributed by atoms with van der Waals surface area (Å²) < 4.78 is 0. The van der Waals surface area contributed by atoms with Crippen LogP contribution in [0, 0.1) is 0 Å². The molecule has 0 amide bonds. The van der Waals surface area contributed by atoms with E-state index in [9.17, 15) is 0 Å². The highest BCUT2D eigenvalue weighted by atomic mass is 32.2. The van der Waals surface area contributed by atoms with Gasteiger partial charge in [0.15, 0.2) is 0 Å². The minimum absolute atomic E-state index is 0.604. The summed E-state index contributed by atoms with van der Waals surface area (Å²) in [4.78, 5) is 4.28. The third-order valence-electron chi connectivity index (χ3n) is 2.12. The van der Waals surface area contributed by atoms with Gasteiger partial charge in [0, 0.05) is 18.0 Å². The van der Waals surface area contributed by atoms with E-state index in [0.29, 0.717) is 6.04 Å². The molecule has 1 atom stereocenters. The van der Waals surface area contributed by atoms with E-state index in [1.54, 1.807) is 0 Å². The Bertz CT molecular complexity index is 238. The van der Waals surface area contributed by atoms with E-state index in [2.05, 4.69) is 23.3 Å². The second kappa shape index (κ2) is 6.85. The summed E-state index contributed by atoms with van der Waals surface area (Å²) in [6.45, 7) is 2.22. The first-order valence-electron chi connectivity index (χ1n) is 5.08. The van der Waals surface area contributed by atoms with Crippen molar-refractivity contribution < 1.29 is 0 Å². The van der Waals surface area contributed by atoms with Crippen LogP contribution < -0.4 is 5.32 Å². The maximum atomic E-state index is 4.28. The molecule has 0 aliphatic carbocycles. The van der Waals surface area contributed by atoms with Crippen molar-refractivity contribution in [3.8, 4) is 0 Å². The molecule has 0 saturated carbocycles. The van der Waals surface area contributed by atoms with Crippen LogP contribution in [0.4, 0.5) is 0 Å². The number of rotatable bonds is 6. The van der Waals surface area contributed by atoms with Crippen molar-refractivity contribution >= 4 is 11.8 Å². The highest BCUT2D eigenvalue weighted by Gasteiger charge is 2.05. The minimum atomic E-state index is 0.604. The molecule has 1 rings (SSSR count). The van der Waals surface area contributed by atoms with E-state index in [1.165, 1.54) is 12.8 Å². The van der Waals surface area contributed by atoms with Gasteiger partial charge in [0.2, 0.25) is 0 Å². The van der Waals surface area contributed by atoms with Crippen molar-refractivity contribution in [1.82, 2.24) is 10.3 Å². The Morgan fingerprint density at radius 1 is 1.50 bits per heavy atom. The van der Waals surface area contributed by atoms with Crippen LogP contribution in [0.5, 0.6) is 0 Å². The minimum Gasteiger partial charge on any atom is -0.316 e. The molecule has 14 heavy (non-hydrogen) atoms. The first-order chi connectivity index (χ1) is 6.86. The molecule has 0 aliphatic heterocycles. The van der Waals surface area contributed by atoms with Crippen LogP contribution in [-0.2, 0) is 0 Å². The van der Waals surface area contributed by atoms with Crippen LogP contribution in [-0.4, -0.2) is 23.8 Å². The highest BCUT2D eigenvalue weighted by molar-refractivity contribution is 7.99. The second-order valence-electron chi connectivity index (χ2n) is 3.25. The molecule has 1 heterocycles. The summed E-state index contributed by atoms with van der Waals surface area (Å²) in [5, 5.41) is 4.44. The molecule has 0 spiro atoms. The topological polar surface area (TPSA) is 24.9 Å². The lowest BCUT2D eigenvalue weighted by atomic mass is 10.2. The first-order valence-corrected chi connectivity index (χ1v) is 6.06. The molecule has 1 aromatic heterocycles. The van der Waals surface area contributed by atoms with Gasteiger partial charge in [0.25, 0.3) is 0 Å². The zero-order chi connectivity index (χ0) is 10.2. The molecule has 1 aromatic rings. The molecule has 1 N–H and O–H groups in total. The van der Waals surface area contributed by atoms with Gasteiger partial charge in [-0.15, -0.1) is 11.8 Å². The van der Waals surface area contributed by atoms with Crippen LogP contribution >= 0.6 is 11.8 Å². The quantitative estimate of drug-likeness (QED) is 0.730.